The van der Waals surface area contributed by atoms with E-state index in [0.717, 1.165) is 36.7 Å². The van der Waals surface area contributed by atoms with Gasteiger partial charge in [0, 0.05) is 49.9 Å². The molecular formula is C17H23F3N2O4S2. The summed E-state index contributed by atoms with van der Waals surface area (Å²) in [6.45, 7) is 2.86. The lowest BCUT2D eigenvalue weighted by Gasteiger charge is -2.48. The van der Waals surface area contributed by atoms with E-state index in [4.69, 9.17) is 4.74 Å². The number of alkyl halides is 3. The first-order chi connectivity index (χ1) is 13.2. The van der Waals surface area contributed by atoms with E-state index >= 15 is 0 Å². The number of halogens is 3. The lowest BCUT2D eigenvalue weighted by molar-refractivity contribution is -0.275. The molecule has 0 saturated carbocycles. The van der Waals surface area contributed by atoms with Crippen LogP contribution < -0.4 is 9.46 Å². The smallest absolute Gasteiger partial charge is 0.404 e. The maximum atomic E-state index is 12.8. The molecule has 0 spiro atoms. The zero-order valence-corrected chi connectivity index (χ0v) is 16.8. The van der Waals surface area contributed by atoms with Gasteiger partial charge in [-0.2, -0.15) is 11.8 Å². The molecule has 0 aromatic heterocycles. The lowest BCUT2D eigenvalue weighted by Crippen LogP contribution is -2.60. The second-order valence-electron chi connectivity index (χ2n) is 6.76. The van der Waals surface area contributed by atoms with E-state index in [1.54, 1.807) is 0 Å². The molecule has 158 valence electrons. The number of sulfonamides is 1. The number of para-hydroxylation sites is 1. The fraction of sp³-hybridized carbons (Fsp3) is 0.647. The third-order valence-electron chi connectivity index (χ3n) is 5.06. The molecule has 11 heteroatoms. The minimum Gasteiger partial charge on any atom is -0.404 e. The van der Waals surface area contributed by atoms with E-state index in [9.17, 15) is 21.6 Å². The predicted octanol–water partition coefficient (Wildman–Crippen LogP) is 2.46. The topological polar surface area (TPSA) is 67.9 Å². The number of benzene rings is 1. The van der Waals surface area contributed by atoms with Gasteiger partial charge in [0.1, 0.15) is 10.6 Å². The summed E-state index contributed by atoms with van der Waals surface area (Å²) in [6.07, 6.45) is -3.64. The highest BCUT2D eigenvalue weighted by Crippen LogP contribution is 2.32. The van der Waals surface area contributed by atoms with Gasteiger partial charge in [-0.25, -0.2) is 13.1 Å². The maximum Gasteiger partial charge on any atom is 0.573 e. The number of nitrogens with one attached hydrogen (secondary N) is 1. The Bertz CT molecular complexity index is 762. The van der Waals surface area contributed by atoms with Crippen LogP contribution in [0.15, 0.2) is 29.2 Å². The molecule has 2 heterocycles. The number of hydrogen-bond acceptors (Lipinski definition) is 6. The van der Waals surface area contributed by atoms with Crippen molar-refractivity contribution in [1.82, 2.24) is 9.62 Å². The van der Waals surface area contributed by atoms with E-state index < -0.39 is 32.6 Å². The monoisotopic (exact) mass is 440 g/mol. The molecule has 1 aromatic carbocycles. The van der Waals surface area contributed by atoms with Gasteiger partial charge in [0.25, 0.3) is 0 Å². The summed E-state index contributed by atoms with van der Waals surface area (Å²) in [4.78, 5) is 1.76. The number of ether oxygens (including phenoxy) is 2. The van der Waals surface area contributed by atoms with Crippen molar-refractivity contribution in [1.29, 1.82) is 0 Å². The van der Waals surface area contributed by atoms with Gasteiger partial charge in [0.15, 0.2) is 0 Å². The third kappa shape index (κ3) is 5.32. The number of thioether (sulfide) groups is 1. The Labute approximate surface area is 166 Å². The molecule has 0 aliphatic carbocycles. The highest BCUT2D eigenvalue weighted by atomic mass is 32.2. The van der Waals surface area contributed by atoms with Crippen molar-refractivity contribution in [2.45, 2.75) is 29.6 Å². The first-order valence-electron chi connectivity index (χ1n) is 8.97. The first kappa shape index (κ1) is 21.7. The minimum atomic E-state index is -4.97. The molecule has 2 aliphatic rings. The summed E-state index contributed by atoms with van der Waals surface area (Å²) >= 11 is 1.85. The van der Waals surface area contributed by atoms with E-state index in [2.05, 4.69) is 14.4 Å². The average Bonchev–Trinajstić information content (AvgIpc) is 2.67. The van der Waals surface area contributed by atoms with Gasteiger partial charge in [-0.15, -0.1) is 13.2 Å². The van der Waals surface area contributed by atoms with Crippen molar-refractivity contribution in [3.05, 3.63) is 24.3 Å². The molecule has 1 N–H and O–H groups in total. The van der Waals surface area contributed by atoms with Crippen LogP contribution in [0.1, 0.15) is 12.8 Å². The SMILES string of the molecule is O=S(=O)(NCC1(N2CCSCC2)CCOCC1)c1ccccc1OC(F)(F)F. The van der Waals surface area contributed by atoms with Crippen molar-refractivity contribution in [3.63, 3.8) is 0 Å². The Balaban J connectivity index is 1.79. The zero-order valence-electron chi connectivity index (χ0n) is 15.2. The molecule has 0 radical (unpaired) electrons. The first-order valence-corrected chi connectivity index (χ1v) is 11.6. The van der Waals surface area contributed by atoms with Gasteiger partial charge in [-0.05, 0) is 25.0 Å². The highest BCUT2D eigenvalue weighted by molar-refractivity contribution is 7.99. The van der Waals surface area contributed by atoms with E-state index in [0.29, 0.717) is 26.1 Å². The van der Waals surface area contributed by atoms with Gasteiger partial charge in [0.2, 0.25) is 10.0 Å². The standard InChI is InChI=1S/C17H23F3N2O4S2/c18-17(19,20)26-14-3-1-2-4-15(14)28(23,24)21-13-16(5-9-25-10-6-16)22-7-11-27-12-8-22/h1-4,21H,5-13H2. The molecule has 2 aliphatic heterocycles. The summed E-state index contributed by atoms with van der Waals surface area (Å²) in [5.74, 6) is 1.20. The molecule has 0 unspecified atom stereocenters. The molecule has 28 heavy (non-hydrogen) atoms. The van der Waals surface area contributed by atoms with Crippen LogP contribution >= 0.6 is 11.8 Å². The highest BCUT2D eigenvalue weighted by Gasteiger charge is 2.40. The number of rotatable bonds is 6. The third-order valence-corrected chi connectivity index (χ3v) is 7.44. The van der Waals surface area contributed by atoms with Gasteiger partial charge >= 0.3 is 6.36 Å². The molecule has 0 atom stereocenters. The van der Waals surface area contributed by atoms with E-state index in [1.807, 2.05) is 11.8 Å². The molecule has 0 amide bonds. The minimum absolute atomic E-state index is 0.115. The summed E-state index contributed by atoms with van der Waals surface area (Å²) < 4.78 is 75.4. The summed E-state index contributed by atoms with van der Waals surface area (Å²) in [7, 11) is -4.19. The second-order valence-corrected chi connectivity index (χ2v) is 9.72. The van der Waals surface area contributed by atoms with E-state index in [-0.39, 0.29) is 6.54 Å². The number of nitrogens with zero attached hydrogens (tertiary/aromatic N) is 1. The van der Waals surface area contributed by atoms with Crippen molar-refractivity contribution in [3.8, 4) is 5.75 Å². The summed E-state index contributed by atoms with van der Waals surface area (Å²) in [5.41, 5.74) is -0.397. The molecule has 3 rings (SSSR count). The van der Waals surface area contributed by atoms with E-state index in [1.165, 1.54) is 12.1 Å². The Hall–Kier alpha value is -1.01. The van der Waals surface area contributed by atoms with Crippen LogP contribution in [0.2, 0.25) is 0 Å². The zero-order chi connectivity index (χ0) is 20.3. The molecule has 6 nitrogen and oxygen atoms in total. The summed E-state index contributed by atoms with van der Waals surface area (Å²) in [5, 5.41) is 0. The van der Waals surface area contributed by atoms with Gasteiger partial charge < -0.3 is 9.47 Å². The van der Waals surface area contributed by atoms with Crippen LogP contribution in [0.4, 0.5) is 13.2 Å². The van der Waals surface area contributed by atoms with Crippen LogP contribution in [0.5, 0.6) is 5.75 Å². The van der Waals surface area contributed by atoms with Crippen LogP contribution in [0.25, 0.3) is 0 Å². The normalized spacial score (nSPS) is 21.4. The van der Waals surface area contributed by atoms with Gasteiger partial charge in [0.05, 0.1) is 0 Å². The molecule has 2 saturated heterocycles. The Morgan fingerprint density at radius 3 is 2.46 bits per heavy atom. The second kappa shape index (κ2) is 8.78. The average molecular weight is 441 g/mol. The Kier molecular flexibility index (Phi) is 6.80. The van der Waals surface area contributed by atoms with Crippen molar-refractivity contribution in [2.75, 3.05) is 44.4 Å². The van der Waals surface area contributed by atoms with Crippen LogP contribution in [-0.4, -0.2) is 69.6 Å². The summed E-state index contributed by atoms with van der Waals surface area (Å²) in [6, 6.07) is 4.76. The predicted molar refractivity (Wildman–Crippen MR) is 100.0 cm³/mol. The Morgan fingerprint density at radius 2 is 1.82 bits per heavy atom. The maximum absolute atomic E-state index is 12.8. The van der Waals surface area contributed by atoms with Crippen LogP contribution in [-0.2, 0) is 14.8 Å². The number of hydrogen-bond donors (Lipinski definition) is 1. The van der Waals surface area contributed by atoms with Gasteiger partial charge in [-0.1, -0.05) is 12.1 Å². The fourth-order valence-corrected chi connectivity index (χ4v) is 5.73. The molecule has 2 fully saturated rings. The Morgan fingerprint density at radius 1 is 1.18 bits per heavy atom. The van der Waals surface area contributed by atoms with Crippen LogP contribution in [0, 0.1) is 0 Å². The fourth-order valence-electron chi connectivity index (χ4n) is 3.58. The molecule has 1 aromatic rings. The van der Waals surface area contributed by atoms with Crippen molar-refractivity contribution >= 4 is 21.8 Å². The largest absolute Gasteiger partial charge is 0.573 e. The van der Waals surface area contributed by atoms with Crippen LogP contribution in [0.3, 0.4) is 0 Å². The lowest BCUT2D eigenvalue weighted by atomic mass is 9.88. The van der Waals surface area contributed by atoms with Crippen molar-refractivity contribution in [2.24, 2.45) is 0 Å². The molecular weight excluding hydrogens is 417 g/mol. The van der Waals surface area contributed by atoms with Gasteiger partial charge in [-0.3, -0.25) is 4.90 Å². The quantitative estimate of drug-likeness (QED) is 0.733. The molecule has 0 bridgehead atoms. The van der Waals surface area contributed by atoms with Crippen molar-refractivity contribution < 1.29 is 31.1 Å².